The van der Waals surface area contributed by atoms with Gasteiger partial charge in [0.05, 0.1) is 18.1 Å². The molecule has 1 atom stereocenters. The van der Waals surface area contributed by atoms with Gasteiger partial charge in [-0.1, -0.05) is 30.3 Å². The monoisotopic (exact) mass is 384 g/mol. The van der Waals surface area contributed by atoms with Crippen LogP contribution in [0.15, 0.2) is 60.0 Å². The van der Waals surface area contributed by atoms with Crippen LogP contribution in [0.4, 0.5) is 5.69 Å². The summed E-state index contributed by atoms with van der Waals surface area (Å²) in [4.78, 5) is 17.0. The maximum absolute atomic E-state index is 12.3. The zero-order valence-electron chi connectivity index (χ0n) is 14.6. The number of rotatable bonds is 7. The van der Waals surface area contributed by atoms with Crippen molar-refractivity contribution < 1.29 is 9.53 Å². The van der Waals surface area contributed by atoms with Gasteiger partial charge in [0.25, 0.3) is 0 Å². The molecular formula is C20H20N2O2S2. The molecule has 0 bridgehead atoms. The predicted octanol–water partition coefficient (Wildman–Crippen LogP) is 5.08. The first-order chi connectivity index (χ1) is 12.7. The van der Waals surface area contributed by atoms with Crippen LogP contribution in [0.5, 0.6) is 5.75 Å². The van der Waals surface area contributed by atoms with Crippen LogP contribution in [-0.4, -0.2) is 23.3 Å². The Bertz CT molecular complexity index is 848. The molecule has 0 aliphatic carbocycles. The van der Waals surface area contributed by atoms with E-state index in [1.807, 2.05) is 49.4 Å². The summed E-state index contributed by atoms with van der Waals surface area (Å²) in [7, 11) is 1.62. The van der Waals surface area contributed by atoms with Crippen molar-refractivity contribution in [3.63, 3.8) is 0 Å². The molecule has 1 heterocycles. The highest BCUT2D eigenvalue weighted by Crippen LogP contribution is 2.26. The van der Waals surface area contributed by atoms with Gasteiger partial charge in [-0.15, -0.1) is 23.1 Å². The maximum atomic E-state index is 12.3. The minimum Gasteiger partial charge on any atom is -0.497 e. The van der Waals surface area contributed by atoms with Crippen LogP contribution in [0.3, 0.4) is 0 Å². The molecule has 0 spiro atoms. The van der Waals surface area contributed by atoms with Gasteiger partial charge in [0, 0.05) is 22.4 Å². The smallest absolute Gasteiger partial charge is 0.237 e. The number of hydrogen-bond acceptors (Lipinski definition) is 5. The van der Waals surface area contributed by atoms with E-state index in [0.717, 1.165) is 27.7 Å². The standard InChI is InChI=1S/C20H20N2O2S2/c1-14(19(23)21-16-8-10-18(24-2)11-9-16)25-12-17-13-26-20(22-17)15-6-4-3-5-7-15/h3-11,13-14H,12H2,1-2H3,(H,21,23). The number of anilines is 1. The summed E-state index contributed by atoms with van der Waals surface area (Å²) in [5.41, 5.74) is 2.89. The Morgan fingerprint density at radius 1 is 1.19 bits per heavy atom. The van der Waals surface area contributed by atoms with E-state index < -0.39 is 0 Å². The second-order valence-corrected chi connectivity index (χ2v) is 7.87. The van der Waals surface area contributed by atoms with Gasteiger partial charge in [-0.05, 0) is 31.2 Å². The number of amides is 1. The minimum atomic E-state index is -0.168. The van der Waals surface area contributed by atoms with E-state index in [9.17, 15) is 4.79 Å². The molecule has 134 valence electrons. The average molecular weight is 385 g/mol. The van der Waals surface area contributed by atoms with Crippen LogP contribution < -0.4 is 10.1 Å². The highest BCUT2D eigenvalue weighted by Gasteiger charge is 2.15. The van der Waals surface area contributed by atoms with Gasteiger partial charge in [-0.3, -0.25) is 4.79 Å². The number of carbonyl (C=O) groups excluding carboxylic acids is 1. The summed E-state index contributed by atoms with van der Waals surface area (Å²) in [6.07, 6.45) is 0. The maximum Gasteiger partial charge on any atom is 0.237 e. The molecule has 0 saturated heterocycles. The normalized spacial score (nSPS) is 11.8. The first-order valence-electron chi connectivity index (χ1n) is 8.22. The van der Waals surface area contributed by atoms with E-state index in [1.54, 1.807) is 30.2 Å². The summed E-state index contributed by atoms with van der Waals surface area (Å²) in [5.74, 6) is 1.46. The molecule has 1 amide bonds. The molecule has 0 aliphatic heterocycles. The van der Waals surface area contributed by atoms with Gasteiger partial charge < -0.3 is 10.1 Å². The number of ether oxygens (including phenoxy) is 1. The summed E-state index contributed by atoms with van der Waals surface area (Å²) in [6.45, 7) is 1.91. The number of hydrogen-bond donors (Lipinski definition) is 1. The summed E-state index contributed by atoms with van der Waals surface area (Å²) < 4.78 is 5.12. The first-order valence-corrected chi connectivity index (χ1v) is 10.1. The number of thioether (sulfide) groups is 1. The molecule has 0 radical (unpaired) electrons. The number of thiazole rings is 1. The van der Waals surface area contributed by atoms with Gasteiger partial charge in [0.15, 0.2) is 0 Å². The van der Waals surface area contributed by atoms with Crippen molar-refractivity contribution in [2.24, 2.45) is 0 Å². The lowest BCUT2D eigenvalue weighted by Crippen LogP contribution is -2.22. The second-order valence-electron chi connectivity index (χ2n) is 5.68. The molecule has 0 fully saturated rings. The Labute approximate surface area is 161 Å². The van der Waals surface area contributed by atoms with Crippen LogP contribution in [0.1, 0.15) is 12.6 Å². The molecule has 26 heavy (non-hydrogen) atoms. The van der Waals surface area contributed by atoms with Gasteiger partial charge in [-0.25, -0.2) is 4.98 Å². The Balaban J connectivity index is 1.52. The molecule has 2 aromatic carbocycles. The van der Waals surface area contributed by atoms with E-state index in [2.05, 4.69) is 27.8 Å². The molecule has 1 unspecified atom stereocenters. The van der Waals surface area contributed by atoms with E-state index >= 15 is 0 Å². The Hall–Kier alpha value is -2.31. The summed E-state index contributed by atoms with van der Waals surface area (Å²) >= 11 is 3.21. The van der Waals surface area contributed by atoms with Gasteiger partial charge in [0.1, 0.15) is 10.8 Å². The average Bonchev–Trinajstić information content (AvgIpc) is 3.16. The zero-order valence-corrected chi connectivity index (χ0v) is 16.3. The van der Waals surface area contributed by atoms with Crippen LogP contribution >= 0.6 is 23.1 Å². The van der Waals surface area contributed by atoms with Crippen molar-refractivity contribution in [3.05, 3.63) is 65.7 Å². The van der Waals surface area contributed by atoms with E-state index in [1.165, 1.54) is 0 Å². The predicted molar refractivity (Wildman–Crippen MR) is 110 cm³/mol. The Morgan fingerprint density at radius 2 is 1.92 bits per heavy atom. The summed E-state index contributed by atoms with van der Waals surface area (Å²) in [5, 5.41) is 5.83. The third kappa shape index (κ3) is 4.86. The van der Waals surface area contributed by atoms with E-state index in [0.29, 0.717) is 5.75 Å². The Kier molecular flexibility index (Phi) is 6.30. The van der Waals surface area contributed by atoms with Gasteiger partial charge in [-0.2, -0.15) is 0 Å². The van der Waals surface area contributed by atoms with Gasteiger partial charge in [0.2, 0.25) is 5.91 Å². The molecule has 3 aromatic rings. The van der Waals surface area contributed by atoms with E-state index in [4.69, 9.17) is 4.74 Å². The van der Waals surface area contributed by atoms with Crippen LogP contribution in [0.2, 0.25) is 0 Å². The molecule has 1 N–H and O–H groups in total. The van der Waals surface area contributed by atoms with Crippen molar-refractivity contribution in [1.29, 1.82) is 0 Å². The second kappa shape index (κ2) is 8.87. The third-order valence-corrected chi connectivity index (χ3v) is 5.90. The fraction of sp³-hybridized carbons (Fsp3) is 0.200. The largest absolute Gasteiger partial charge is 0.497 e. The number of aromatic nitrogens is 1. The number of nitrogens with zero attached hydrogens (tertiary/aromatic N) is 1. The quantitative estimate of drug-likeness (QED) is 0.617. The molecule has 6 heteroatoms. The first kappa shape index (κ1) is 18.5. The number of methoxy groups -OCH3 is 1. The molecular weight excluding hydrogens is 364 g/mol. The highest BCUT2D eigenvalue weighted by molar-refractivity contribution is 7.99. The molecule has 3 rings (SSSR count). The number of nitrogens with one attached hydrogen (secondary N) is 1. The topological polar surface area (TPSA) is 51.2 Å². The van der Waals surface area contributed by atoms with Gasteiger partial charge >= 0.3 is 0 Å². The number of carbonyl (C=O) groups is 1. The molecule has 0 saturated carbocycles. The molecule has 1 aromatic heterocycles. The zero-order chi connectivity index (χ0) is 18.4. The molecule has 0 aliphatic rings. The van der Waals surface area contributed by atoms with Crippen molar-refractivity contribution in [1.82, 2.24) is 4.98 Å². The van der Waals surface area contributed by atoms with Crippen molar-refractivity contribution in [2.75, 3.05) is 12.4 Å². The lowest BCUT2D eigenvalue weighted by Gasteiger charge is -2.11. The molecule has 4 nitrogen and oxygen atoms in total. The third-order valence-electron chi connectivity index (χ3n) is 3.78. The fourth-order valence-corrected chi connectivity index (χ4v) is 4.00. The van der Waals surface area contributed by atoms with Crippen LogP contribution in [-0.2, 0) is 10.5 Å². The lowest BCUT2D eigenvalue weighted by molar-refractivity contribution is -0.115. The Morgan fingerprint density at radius 3 is 2.62 bits per heavy atom. The van der Waals surface area contributed by atoms with E-state index in [-0.39, 0.29) is 11.2 Å². The van der Waals surface area contributed by atoms with Crippen LogP contribution in [0, 0.1) is 0 Å². The van der Waals surface area contributed by atoms with Crippen LogP contribution in [0.25, 0.3) is 10.6 Å². The minimum absolute atomic E-state index is 0.0151. The van der Waals surface area contributed by atoms with Crippen molar-refractivity contribution in [2.45, 2.75) is 17.9 Å². The summed E-state index contributed by atoms with van der Waals surface area (Å²) in [6, 6.07) is 17.5. The fourth-order valence-electron chi connectivity index (χ4n) is 2.29. The van der Waals surface area contributed by atoms with Crippen molar-refractivity contribution >= 4 is 34.7 Å². The lowest BCUT2D eigenvalue weighted by atomic mass is 10.2. The van der Waals surface area contributed by atoms with Crippen molar-refractivity contribution in [3.8, 4) is 16.3 Å². The highest BCUT2D eigenvalue weighted by atomic mass is 32.2. The number of benzene rings is 2. The SMILES string of the molecule is COc1ccc(NC(=O)C(C)SCc2csc(-c3ccccc3)n2)cc1.